The second kappa shape index (κ2) is 6.00. The zero-order valence-corrected chi connectivity index (χ0v) is 10.4. The van der Waals surface area contributed by atoms with Crippen LogP contribution in [0.15, 0.2) is 0 Å². The maximum Gasteiger partial charge on any atom is 0.307 e. The number of carbonyl (C=O) groups excluding carboxylic acids is 1. The number of likely N-dealkylation sites (N-methyl/N-ethyl adjacent to an activating group) is 1. The topological polar surface area (TPSA) is 77.8 Å². The molecule has 2 N–H and O–H groups in total. The normalized spacial score (nSPS) is 26.3. The number of hydrogen-bond acceptors (Lipinski definition) is 3. The zero-order valence-electron chi connectivity index (χ0n) is 10.4. The van der Waals surface area contributed by atoms with Crippen LogP contribution in [0.3, 0.4) is 0 Å². The van der Waals surface area contributed by atoms with Gasteiger partial charge in [0, 0.05) is 7.05 Å². The molecule has 3 unspecified atom stereocenters. The van der Waals surface area contributed by atoms with Crippen LogP contribution in [0.5, 0.6) is 0 Å². The minimum atomic E-state index is -0.881. The lowest BCUT2D eigenvalue weighted by molar-refractivity contribution is -0.152. The second-order valence-electron chi connectivity index (χ2n) is 4.82. The maximum absolute atomic E-state index is 12.2. The van der Waals surface area contributed by atoms with E-state index in [0.717, 1.165) is 12.8 Å². The first-order valence-electron chi connectivity index (χ1n) is 6.09. The summed E-state index contributed by atoms with van der Waals surface area (Å²) >= 11 is 0. The van der Waals surface area contributed by atoms with Crippen molar-refractivity contribution in [3.63, 3.8) is 0 Å². The SMILES string of the molecule is CC(CO)N(C)C(=O)C1CCCCC1C(=O)O. The molecule has 98 valence electrons. The summed E-state index contributed by atoms with van der Waals surface area (Å²) in [5.41, 5.74) is 0. The highest BCUT2D eigenvalue weighted by Gasteiger charge is 2.37. The lowest BCUT2D eigenvalue weighted by atomic mass is 9.78. The zero-order chi connectivity index (χ0) is 13.0. The Hall–Kier alpha value is -1.10. The average Bonchev–Trinajstić information content (AvgIpc) is 2.35. The molecule has 1 aliphatic rings. The van der Waals surface area contributed by atoms with Gasteiger partial charge < -0.3 is 15.1 Å². The van der Waals surface area contributed by atoms with Crippen molar-refractivity contribution in [2.75, 3.05) is 13.7 Å². The molecule has 0 spiro atoms. The molecule has 0 radical (unpaired) electrons. The number of carboxylic acids is 1. The first kappa shape index (κ1) is 14.0. The van der Waals surface area contributed by atoms with Crippen LogP contribution in [0.4, 0.5) is 0 Å². The van der Waals surface area contributed by atoms with Crippen LogP contribution in [-0.4, -0.2) is 46.7 Å². The fraction of sp³-hybridized carbons (Fsp3) is 0.833. The molecule has 0 aromatic carbocycles. The van der Waals surface area contributed by atoms with Crippen molar-refractivity contribution in [2.45, 2.75) is 38.6 Å². The Labute approximate surface area is 101 Å². The Morgan fingerprint density at radius 2 is 1.82 bits per heavy atom. The van der Waals surface area contributed by atoms with Crippen molar-refractivity contribution >= 4 is 11.9 Å². The summed E-state index contributed by atoms with van der Waals surface area (Å²) in [5, 5.41) is 18.1. The van der Waals surface area contributed by atoms with Crippen LogP contribution < -0.4 is 0 Å². The number of carbonyl (C=O) groups is 2. The molecule has 1 saturated carbocycles. The van der Waals surface area contributed by atoms with E-state index in [4.69, 9.17) is 10.2 Å². The van der Waals surface area contributed by atoms with E-state index < -0.39 is 17.8 Å². The van der Waals surface area contributed by atoms with Gasteiger partial charge in [-0.1, -0.05) is 12.8 Å². The minimum absolute atomic E-state index is 0.104. The first-order chi connectivity index (χ1) is 7.99. The van der Waals surface area contributed by atoms with Gasteiger partial charge in [-0.3, -0.25) is 9.59 Å². The highest BCUT2D eigenvalue weighted by molar-refractivity contribution is 5.85. The minimum Gasteiger partial charge on any atom is -0.481 e. The Kier molecular flexibility index (Phi) is 4.93. The van der Waals surface area contributed by atoms with Crippen LogP contribution in [0.25, 0.3) is 0 Å². The van der Waals surface area contributed by atoms with Gasteiger partial charge in [0.2, 0.25) is 5.91 Å². The van der Waals surface area contributed by atoms with Crippen LogP contribution in [0.1, 0.15) is 32.6 Å². The highest BCUT2D eigenvalue weighted by atomic mass is 16.4. The van der Waals surface area contributed by atoms with Gasteiger partial charge in [0.25, 0.3) is 0 Å². The predicted molar refractivity (Wildman–Crippen MR) is 62.4 cm³/mol. The molecule has 0 aromatic heterocycles. The average molecular weight is 243 g/mol. The Morgan fingerprint density at radius 3 is 2.29 bits per heavy atom. The molecule has 1 amide bonds. The van der Waals surface area contributed by atoms with E-state index in [0.29, 0.717) is 12.8 Å². The number of rotatable bonds is 4. The summed E-state index contributed by atoms with van der Waals surface area (Å²) in [7, 11) is 1.62. The summed E-state index contributed by atoms with van der Waals surface area (Å²) in [6.45, 7) is 1.64. The molecule has 0 aromatic rings. The Morgan fingerprint density at radius 1 is 1.29 bits per heavy atom. The summed E-state index contributed by atoms with van der Waals surface area (Å²) in [6, 6.07) is -0.265. The molecule has 0 heterocycles. The number of aliphatic carboxylic acids is 1. The van der Waals surface area contributed by atoms with Crippen molar-refractivity contribution in [1.82, 2.24) is 4.90 Å². The third kappa shape index (κ3) is 3.19. The summed E-state index contributed by atoms with van der Waals surface area (Å²) in [4.78, 5) is 24.7. The van der Waals surface area contributed by atoms with Gasteiger partial charge in [0.05, 0.1) is 24.5 Å². The predicted octanol–water partition coefficient (Wildman–Crippen LogP) is 0.717. The molecule has 1 fully saturated rings. The lowest BCUT2D eigenvalue weighted by Gasteiger charge is -2.33. The summed E-state index contributed by atoms with van der Waals surface area (Å²) < 4.78 is 0. The molecule has 1 rings (SSSR count). The van der Waals surface area contributed by atoms with Crippen molar-refractivity contribution in [1.29, 1.82) is 0 Å². The van der Waals surface area contributed by atoms with Gasteiger partial charge in [-0.05, 0) is 19.8 Å². The number of aliphatic hydroxyl groups excluding tert-OH is 1. The van der Waals surface area contributed by atoms with Gasteiger partial charge in [-0.2, -0.15) is 0 Å². The quantitative estimate of drug-likeness (QED) is 0.762. The molecule has 0 bridgehead atoms. The molecular weight excluding hydrogens is 222 g/mol. The van der Waals surface area contributed by atoms with Gasteiger partial charge in [-0.25, -0.2) is 0 Å². The van der Waals surface area contributed by atoms with Crippen molar-refractivity contribution in [3.05, 3.63) is 0 Å². The number of carboxylic acid groups (broad SMARTS) is 1. The van der Waals surface area contributed by atoms with Gasteiger partial charge in [-0.15, -0.1) is 0 Å². The third-order valence-electron chi connectivity index (χ3n) is 3.67. The highest BCUT2D eigenvalue weighted by Crippen LogP contribution is 2.31. The molecule has 1 aliphatic carbocycles. The smallest absolute Gasteiger partial charge is 0.307 e. The van der Waals surface area contributed by atoms with E-state index in [9.17, 15) is 9.59 Å². The van der Waals surface area contributed by atoms with Crippen LogP contribution in [0.2, 0.25) is 0 Å². The van der Waals surface area contributed by atoms with Crippen molar-refractivity contribution < 1.29 is 19.8 Å². The Balaban J connectivity index is 2.74. The standard InChI is InChI=1S/C12H21NO4/c1-8(7-14)13(2)11(15)9-5-3-4-6-10(9)12(16)17/h8-10,14H,3-7H2,1-2H3,(H,16,17). The molecule has 0 saturated heterocycles. The molecule has 5 heteroatoms. The molecule has 0 aliphatic heterocycles. The van der Waals surface area contributed by atoms with E-state index in [1.165, 1.54) is 4.90 Å². The molecular formula is C12H21NO4. The lowest BCUT2D eigenvalue weighted by Crippen LogP contribution is -2.45. The van der Waals surface area contributed by atoms with Gasteiger partial charge >= 0.3 is 5.97 Å². The largest absolute Gasteiger partial charge is 0.481 e. The fourth-order valence-electron chi connectivity index (χ4n) is 2.32. The number of amides is 1. The first-order valence-corrected chi connectivity index (χ1v) is 6.09. The summed E-state index contributed by atoms with van der Waals surface area (Å²) in [5.74, 6) is -2.03. The van der Waals surface area contributed by atoms with Crippen LogP contribution in [-0.2, 0) is 9.59 Å². The van der Waals surface area contributed by atoms with Gasteiger partial charge in [0.1, 0.15) is 0 Å². The Bertz CT molecular complexity index is 292. The van der Waals surface area contributed by atoms with Crippen molar-refractivity contribution in [2.24, 2.45) is 11.8 Å². The molecule has 5 nitrogen and oxygen atoms in total. The number of hydrogen-bond donors (Lipinski definition) is 2. The molecule has 17 heavy (non-hydrogen) atoms. The van der Waals surface area contributed by atoms with E-state index in [-0.39, 0.29) is 18.6 Å². The third-order valence-corrected chi connectivity index (χ3v) is 3.67. The number of aliphatic hydroxyl groups is 1. The van der Waals surface area contributed by atoms with Gasteiger partial charge in [0.15, 0.2) is 0 Å². The van der Waals surface area contributed by atoms with E-state index in [1.807, 2.05) is 0 Å². The van der Waals surface area contributed by atoms with E-state index in [1.54, 1.807) is 14.0 Å². The fourth-order valence-corrected chi connectivity index (χ4v) is 2.32. The van der Waals surface area contributed by atoms with Crippen LogP contribution in [0, 0.1) is 11.8 Å². The van der Waals surface area contributed by atoms with Crippen molar-refractivity contribution in [3.8, 4) is 0 Å². The second-order valence-corrected chi connectivity index (χ2v) is 4.82. The molecule has 3 atom stereocenters. The van der Waals surface area contributed by atoms with E-state index >= 15 is 0 Å². The summed E-state index contributed by atoms with van der Waals surface area (Å²) in [6.07, 6.45) is 2.99. The number of nitrogens with zero attached hydrogens (tertiary/aromatic N) is 1. The maximum atomic E-state index is 12.2. The van der Waals surface area contributed by atoms with Crippen LogP contribution >= 0.6 is 0 Å². The monoisotopic (exact) mass is 243 g/mol. The van der Waals surface area contributed by atoms with E-state index in [2.05, 4.69) is 0 Å².